The zero-order chi connectivity index (χ0) is 14.2. The molecule has 1 aromatic heterocycles. The SMILES string of the molecule is Clc1ccc2c(c1)N(Cc1nn[nH]n1)c1ccccc1S2. The van der Waals surface area contributed by atoms with Crippen LogP contribution in [0.15, 0.2) is 52.3 Å². The van der Waals surface area contributed by atoms with Crippen molar-refractivity contribution in [2.24, 2.45) is 0 Å². The highest BCUT2D eigenvalue weighted by atomic mass is 35.5. The van der Waals surface area contributed by atoms with Crippen molar-refractivity contribution >= 4 is 34.7 Å². The van der Waals surface area contributed by atoms with Gasteiger partial charge in [-0.15, -0.1) is 10.2 Å². The fourth-order valence-electron chi connectivity index (χ4n) is 2.36. The zero-order valence-electron chi connectivity index (χ0n) is 10.8. The molecule has 0 bridgehead atoms. The van der Waals surface area contributed by atoms with E-state index in [0.717, 1.165) is 11.4 Å². The lowest BCUT2D eigenvalue weighted by Crippen LogP contribution is -2.21. The molecule has 7 heteroatoms. The number of aromatic amines is 1. The summed E-state index contributed by atoms with van der Waals surface area (Å²) in [5.74, 6) is 0.641. The van der Waals surface area contributed by atoms with E-state index in [0.29, 0.717) is 17.4 Å². The van der Waals surface area contributed by atoms with Crippen LogP contribution in [0.2, 0.25) is 5.02 Å². The average Bonchev–Trinajstić information content (AvgIpc) is 3.01. The number of H-pyrrole nitrogens is 1. The first-order valence-electron chi connectivity index (χ1n) is 6.37. The molecule has 1 N–H and O–H groups in total. The number of anilines is 2. The van der Waals surface area contributed by atoms with Crippen LogP contribution < -0.4 is 4.90 Å². The predicted octanol–water partition coefficient (Wildman–Crippen LogP) is 3.66. The quantitative estimate of drug-likeness (QED) is 0.782. The third-order valence-electron chi connectivity index (χ3n) is 3.28. The van der Waals surface area contributed by atoms with Crippen LogP contribution in [-0.4, -0.2) is 20.6 Å². The standard InChI is InChI=1S/C14H10ClN5S/c15-9-5-6-13-11(7-9)20(8-14-16-18-19-17-14)10-3-1-2-4-12(10)21-13/h1-7H,8H2,(H,16,17,18,19). The summed E-state index contributed by atoms with van der Waals surface area (Å²) < 4.78 is 0. The van der Waals surface area contributed by atoms with Crippen LogP contribution >= 0.6 is 23.4 Å². The lowest BCUT2D eigenvalue weighted by Gasteiger charge is -2.31. The lowest BCUT2D eigenvalue weighted by atomic mass is 10.2. The summed E-state index contributed by atoms with van der Waals surface area (Å²) >= 11 is 7.91. The van der Waals surface area contributed by atoms with Gasteiger partial charge in [-0.05, 0) is 30.3 Å². The Labute approximate surface area is 130 Å². The van der Waals surface area contributed by atoms with E-state index in [4.69, 9.17) is 11.6 Å². The molecule has 2 heterocycles. The first kappa shape index (κ1) is 12.7. The van der Waals surface area contributed by atoms with Crippen LogP contribution in [0.4, 0.5) is 11.4 Å². The number of benzene rings is 2. The highest BCUT2D eigenvalue weighted by Crippen LogP contribution is 2.49. The Kier molecular flexibility index (Phi) is 3.05. The van der Waals surface area contributed by atoms with E-state index in [-0.39, 0.29) is 0 Å². The minimum absolute atomic E-state index is 0.543. The average molecular weight is 316 g/mol. The molecule has 0 aliphatic carbocycles. The van der Waals surface area contributed by atoms with Crippen molar-refractivity contribution in [1.82, 2.24) is 20.6 Å². The van der Waals surface area contributed by atoms with Crippen molar-refractivity contribution in [2.45, 2.75) is 16.3 Å². The van der Waals surface area contributed by atoms with E-state index in [9.17, 15) is 0 Å². The molecule has 5 nitrogen and oxygen atoms in total. The molecular weight excluding hydrogens is 306 g/mol. The van der Waals surface area contributed by atoms with Gasteiger partial charge in [-0.1, -0.05) is 40.7 Å². The monoisotopic (exact) mass is 315 g/mol. The Hall–Kier alpha value is -2.05. The second-order valence-electron chi connectivity index (χ2n) is 4.60. The van der Waals surface area contributed by atoms with Crippen LogP contribution in [0.25, 0.3) is 0 Å². The number of tetrazole rings is 1. The second-order valence-corrected chi connectivity index (χ2v) is 6.12. The van der Waals surface area contributed by atoms with E-state index in [1.807, 2.05) is 30.3 Å². The predicted molar refractivity (Wildman–Crippen MR) is 82.0 cm³/mol. The summed E-state index contributed by atoms with van der Waals surface area (Å²) in [7, 11) is 0. The van der Waals surface area contributed by atoms with Gasteiger partial charge in [0.15, 0.2) is 5.82 Å². The van der Waals surface area contributed by atoms with Gasteiger partial charge in [-0.3, -0.25) is 0 Å². The summed E-state index contributed by atoms with van der Waals surface area (Å²) in [6.45, 7) is 0.543. The van der Waals surface area contributed by atoms with Crippen molar-refractivity contribution in [3.63, 3.8) is 0 Å². The van der Waals surface area contributed by atoms with Crippen LogP contribution in [0.5, 0.6) is 0 Å². The van der Waals surface area contributed by atoms with Gasteiger partial charge in [-0.2, -0.15) is 5.21 Å². The molecule has 2 aromatic carbocycles. The maximum Gasteiger partial charge on any atom is 0.194 e. The van der Waals surface area contributed by atoms with Crippen molar-refractivity contribution in [3.8, 4) is 0 Å². The first-order chi connectivity index (χ1) is 10.3. The third-order valence-corrected chi connectivity index (χ3v) is 4.64. The Balaban J connectivity index is 1.85. The van der Waals surface area contributed by atoms with Gasteiger partial charge in [0, 0.05) is 14.8 Å². The Morgan fingerprint density at radius 3 is 2.81 bits per heavy atom. The highest BCUT2D eigenvalue weighted by molar-refractivity contribution is 7.99. The largest absolute Gasteiger partial charge is 0.332 e. The summed E-state index contributed by atoms with van der Waals surface area (Å²) in [4.78, 5) is 4.54. The van der Waals surface area contributed by atoms with E-state index in [1.165, 1.54) is 9.79 Å². The smallest absolute Gasteiger partial charge is 0.194 e. The van der Waals surface area contributed by atoms with Gasteiger partial charge >= 0.3 is 0 Å². The summed E-state index contributed by atoms with van der Waals surface area (Å²) in [5.41, 5.74) is 2.19. The zero-order valence-corrected chi connectivity index (χ0v) is 12.4. The van der Waals surface area contributed by atoms with Crippen LogP contribution in [0.3, 0.4) is 0 Å². The molecule has 1 aliphatic rings. The van der Waals surface area contributed by atoms with Gasteiger partial charge in [-0.25, -0.2) is 0 Å². The number of nitrogens with zero attached hydrogens (tertiary/aromatic N) is 4. The van der Waals surface area contributed by atoms with E-state index >= 15 is 0 Å². The van der Waals surface area contributed by atoms with Crippen molar-refractivity contribution in [2.75, 3.05) is 4.90 Å². The van der Waals surface area contributed by atoms with Crippen LogP contribution in [0.1, 0.15) is 5.82 Å². The molecule has 0 saturated heterocycles. The number of para-hydroxylation sites is 1. The molecule has 104 valence electrons. The topological polar surface area (TPSA) is 57.7 Å². The number of nitrogens with one attached hydrogen (secondary N) is 1. The molecule has 3 aromatic rings. The minimum Gasteiger partial charge on any atom is -0.332 e. The maximum atomic E-state index is 6.17. The highest BCUT2D eigenvalue weighted by Gasteiger charge is 2.24. The molecule has 1 aliphatic heterocycles. The molecule has 0 unspecified atom stereocenters. The molecule has 4 rings (SSSR count). The number of rotatable bonds is 2. The normalized spacial score (nSPS) is 12.9. The van der Waals surface area contributed by atoms with Gasteiger partial charge in [0.1, 0.15) is 0 Å². The van der Waals surface area contributed by atoms with Crippen molar-refractivity contribution < 1.29 is 0 Å². The third kappa shape index (κ3) is 2.26. The number of hydrogen-bond acceptors (Lipinski definition) is 5. The number of halogens is 1. The fourth-order valence-corrected chi connectivity index (χ4v) is 3.61. The fraction of sp³-hybridized carbons (Fsp3) is 0.0714. The minimum atomic E-state index is 0.543. The number of fused-ring (bicyclic) bond motifs is 2. The van der Waals surface area contributed by atoms with E-state index < -0.39 is 0 Å². The molecule has 0 atom stereocenters. The van der Waals surface area contributed by atoms with Crippen LogP contribution in [-0.2, 0) is 6.54 Å². The maximum absolute atomic E-state index is 6.17. The second kappa shape index (κ2) is 5.05. The van der Waals surface area contributed by atoms with Crippen molar-refractivity contribution in [3.05, 3.63) is 53.3 Å². The van der Waals surface area contributed by atoms with E-state index in [1.54, 1.807) is 11.8 Å². The van der Waals surface area contributed by atoms with Gasteiger partial charge in [0.05, 0.1) is 17.9 Å². The molecule has 21 heavy (non-hydrogen) atoms. The van der Waals surface area contributed by atoms with Gasteiger partial charge < -0.3 is 4.90 Å². The molecule has 0 spiro atoms. The molecule has 0 saturated carbocycles. The van der Waals surface area contributed by atoms with Crippen LogP contribution in [0, 0.1) is 0 Å². The van der Waals surface area contributed by atoms with E-state index in [2.05, 4.69) is 37.7 Å². The Morgan fingerprint density at radius 2 is 1.95 bits per heavy atom. The Bertz CT molecular complexity index is 790. The summed E-state index contributed by atoms with van der Waals surface area (Å²) in [5, 5.41) is 14.9. The first-order valence-corrected chi connectivity index (χ1v) is 7.57. The van der Waals surface area contributed by atoms with Gasteiger partial charge in [0.25, 0.3) is 0 Å². The summed E-state index contributed by atoms with van der Waals surface area (Å²) in [6, 6.07) is 14.2. The molecule has 0 amide bonds. The van der Waals surface area contributed by atoms with Gasteiger partial charge in [0.2, 0.25) is 0 Å². The Morgan fingerprint density at radius 1 is 1.10 bits per heavy atom. The molecular formula is C14H10ClN5S. The molecule has 0 radical (unpaired) electrons. The number of aromatic nitrogens is 4. The lowest BCUT2D eigenvalue weighted by molar-refractivity contribution is 0.857. The molecule has 0 fully saturated rings. The summed E-state index contributed by atoms with van der Waals surface area (Å²) in [6.07, 6.45) is 0. The van der Waals surface area contributed by atoms with Crippen molar-refractivity contribution in [1.29, 1.82) is 0 Å². The number of hydrogen-bond donors (Lipinski definition) is 1.